The lowest BCUT2D eigenvalue weighted by Gasteiger charge is -2.14. The van der Waals surface area contributed by atoms with Crippen molar-refractivity contribution in [1.82, 2.24) is 14.9 Å². The van der Waals surface area contributed by atoms with Gasteiger partial charge in [0, 0.05) is 6.54 Å². The van der Waals surface area contributed by atoms with Gasteiger partial charge < -0.3 is 29.6 Å². The summed E-state index contributed by atoms with van der Waals surface area (Å²) in [5.41, 5.74) is 2.36. The van der Waals surface area contributed by atoms with Crippen molar-refractivity contribution in [1.29, 1.82) is 0 Å². The zero-order valence-electron chi connectivity index (χ0n) is 22.1. The molecule has 1 heterocycles. The third kappa shape index (κ3) is 7.09. The summed E-state index contributed by atoms with van der Waals surface area (Å²) in [5.74, 6) is 1.17. The van der Waals surface area contributed by atoms with Crippen molar-refractivity contribution >= 4 is 5.91 Å². The Bertz CT molecular complexity index is 1200. The molecule has 0 unspecified atom stereocenters. The zero-order valence-corrected chi connectivity index (χ0v) is 22.1. The Morgan fingerprint density at radius 3 is 2.19 bits per heavy atom. The van der Waals surface area contributed by atoms with Gasteiger partial charge in [-0.15, -0.1) is 0 Å². The molecule has 1 aromatic heterocycles. The van der Waals surface area contributed by atoms with Crippen LogP contribution in [-0.2, 0) is 17.8 Å². The molecule has 37 heavy (non-hydrogen) atoms. The van der Waals surface area contributed by atoms with Crippen molar-refractivity contribution in [3.63, 3.8) is 0 Å². The summed E-state index contributed by atoms with van der Waals surface area (Å²) in [6.45, 7) is 2.91. The molecule has 0 aliphatic heterocycles. The van der Waals surface area contributed by atoms with Crippen LogP contribution in [0.3, 0.4) is 0 Å². The van der Waals surface area contributed by atoms with E-state index in [-0.39, 0.29) is 30.4 Å². The van der Waals surface area contributed by atoms with Gasteiger partial charge in [0.05, 0.1) is 40.0 Å². The van der Waals surface area contributed by atoms with Gasteiger partial charge in [-0.3, -0.25) is 9.36 Å². The van der Waals surface area contributed by atoms with Gasteiger partial charge in [-0.1, -0.05) is 56.9 Å². The number of carbonyl (C=O) groups is 1. The molecule has 0 fully saturated rings. The number of methoxy groups -OCH3 is 3. The highest BCUT2D eigenvalue weighted by molar-refractivity contribution is 5.78. The molecule has 0 spiro atoms. The SMILES string of the molecule is CCCCCCCNC(=O)Cc1[nH]c(=O)n(Cc2ccc(-c3cc(OC)c(OC)c(OC)c3)cc2)c1O. The van der Waals surface area contributed by atoms with E-state index in [4.69, 9.17) is 14.2 Å². The molecule has 1 amide bonds. The Kier molecular flexibility index (Phi) is 10.1. The van der Waals surface area contributed by atoms with Crippen LogP contribution in [0, 0.1) is 0 Å². The van der Waals surface area contributed by atoms with Crippen LogP contribution in [0.25, 0.3) is 11.1 Å². The van der Waals surface area contributed by atoms with Gasteiger partial charge in [0.25, 0.3) is 0 Å². The summed E-state index contributed by atoms with van der Waals surface area (Å²) in [5, 5.41) is 13.4. The Hall–Kier alpha value is -3.88. The molecule has 0 bridgehead atoms. The second-order valence-corrected chi connectivity index (χ2v) is 8.87. The number of rotatable bonds is 14. The third-order valence-electron chi connectivity index (χ3n) is 6.26. The normalized spacial score (nSPS) is 10.8. The van der Waals surface area contributed by atoms with Crippen molar-refractivity contribution in [2.24, 2.45) is 0 Å². The number of aromatic hydroxyl groups is 1. The first-order valence-corrected chi connectivity index (χ1v) is 12.6. The smallest absolute Gasteiger partial charge is 0.328 e. The highest BCUT2D eigenvalue weighted by atomic mass is 16.5. The molecule has 3 N–H and O–H groups in total. The van der Waals surface area contributed by atoms with Gasteiger partial charge in [-0.2, -0.15) is 0 Å². The van der Waals surface area contributed by atoms with Gasteiger partial charge in [0.2, 0.25) is 17.5 Å². The fourth-order valence-electron chi connectivity index (χ4n) is 4.19. The van der Waals surface area contributed by atoms with Gasteiger partial charge in [-0.05, 0) is 35.2 Å². The molecule has 0 saturated carbocycles. The van der Waals surface area contributed by atoms with Gasteiger partial charge in [0.1, 0.15) is 0 Å². The summed E-state index contributed by atoms with van der Waals surface area (Å²) in [7, 11) is 4.69. The number of aromatic nitrogens is 2. The van der Waals surface area contributed by atoms with Crippen LogP contribution < -0.4 is 25.2 Å². The van der Waals surface area contributed by atoms with Gasteiger partial charge in [0.15, 0.2) is 11.5 Å². The summed E-state index contributed by atoms with van der Waals surface area (Å²) in [6.07, 6.45) is 5.44. The van der Waals surface area contributed by atoms with Crippen LogP contribution in [0.4, 0.5) is 0 Å². The van der Waals surface area contributed by atoms with Crippen LogP contribution in [0.5, 0.6) is 23.1 Å². The van der Waals surface area contributed by atoms with Gasteiger partial charge in [-0.25, -0.2) is 4.79 Å². The van der Waals surface area contributed by atoms with E-state index in [1.807, 2.05) is 36.4 Å². The monoisotopic (exact) mass is 511 g/mol. The number of aromatic amines is 1. The van der Waals surface area contributed by atoms with Crippen LogP contribution in [0.1, 0.15) is 50.3 Å². The number of imidazole rings is 1. The molecule has 0 aliphatic rings. The van der Waals surface area contributed by atoms with Crippen molar-refractivity contribution in [3.8, 4) is 34.3 Å². The summed E-state index contributed by atoms with van der Waals surface area (Å²) in [6, 6.07) is 11.3. The minimum atomic E-state index is -0.464. The maximum absolute atomic E-state index is 12.5. The molecule has 200 valence electrons. The van der Waals surface area contributed by atoms with Crippen molar-refractivity contribution < 1.29 is 24.1 Å². The molecule has 2 aromatic carbocycles. The molecule has 3 rings (SSSR count). The number of hydrogen-bond donors (Lipinski definition) is 3. The number of ether oxygens (including phenoxy) is 3. The number of H-pyrrole nitrogens is 1. The highest BCUT2D eigenvalue weighted by Crippen LogP contribution is 2.41. The van der Waals surface area contributed by atoms with Crippen LogP contribution in [0.15, 0.2) is 41.2 Å². The van der Waals surface area contributed by atoms with Crippen molar-refractivity contribution in [2.75, 3.05) is 27.9 Å². The van der Waals surface area contributed by atoms with Crippen LogP contribution in [-0.4, -0.2) is 48.4 Å². The van der Waals surface area contributed by atoms with E-state index in [1.165, 1.54) is 17.4 Å². The Balaban J connectivity index is 1.66. The minimum Gasteiger partial charge on any atom is -0.493 e. The average Bonchev–Trinajstić information content (AvgIpc) is 3.17. The maximum atomic E-state index is 12.5. The predicted octanol–water partition coefficient (Wildman–Crippen LogP) is 4.25. The molecular weight excluding hydrogens is 474 g/mol. The summed E-state index contributed by atoms with van der Waals surface area (Å²) >= 11 is 0. The topological polar surface area (TPSA) is 115 Å². The van der Waals surface area contributed by atoms with Crippen LogP contribution >= 0.6 is 0 Å². The summed E-state index contributed by atoms with van der Waals surface area (Å²) < 4.78 is 17.5. The fraction of sp³-hybridized carbons (Fsp3) is 0.429. The molecule has 0 radical (unpaired) electrons. The Morgan fingerprint density at radius 2 is 1.59 bits per heavy atom. The number of hydrogen-bond acceptors (Lipinski definition) is 6. The lowest BCUT2D eigenvalue weighted by atomic mass is 10.0. The number of carbonyl (C=O) groups excluding carboxylic acids is 1. The first-order valence-electron chi connectivity index (χ1n) is 12.6. The Labute approximate surface area is 217 Å². The summed E-state index contributed by atoms with van der Waals surface area (Å²) in [4.78, 5) is 27.3. The maximum Gasteiger partial charge on any atom is 0.328 e. The lowest BCUT2D eigenvalue weighted by molar-refractivity contribution is -0.120. The molecule has 9 nitrogen and oxygen atoms in total. The fourth-order valence-corrected chi connectivity index (χ4v) is 4.19. The van der Waals surface area contributed by atoms with E-state index in [1.54, 1.807) is 21.3 Å². The number of unbranched alkanes of at least 4 members (excludes halogenated alkanes) is 4. The second-order valence-electron chi connectivity index (χ2n) is 8.87. The first-order chi connectivity index (χ1) is 17.9. The molecular formula is C28H37N3O6. The highest BCUT2D eigenvalue weighted by Gasteiger charge is 2.17. The van der Waals surface area contributed by atoms with Crippen molar-refractivity contribution in [3.05, 3.63) is 58.1 Å². The number of nitrogens with one attached hydrogen (secondary N) is 2. The second kappa shape index (κ2) is 13.4. The van der Waals surface area contributed by atoms with Crippen molar-refractivity contribution in [2.45, 2.75) is 52.0 Å². The largest absolute Gasteiger partial charge is 0.493 e. The average molecular weight is 512 g/mol. The molecule has 3 aromatic rings. The molecule has 0 atom stereocenters. The van der Waals surface area contributed by atoms with E-state index in [0.29, 0.717) is 23.8 Å². The quantitative estimate of drug-likeness (QED) is 0.279. The standard InChI is InChI=1S/C28H37N3O6/c1-5-6-7-8-9-14-29-25(32)17-22-27(33)31(28(34)30-22)18-19-10-12-20(13-11-19)21-15-23(35-2)26(37-4)24(16-21)36-3/h10-13,15-16,33H,5-9,14,17-18H2,1-4H3,(H,29,32)(H,30,34). The van der Waals surface area contributed by atoms with E-state index >= 15 is 0 Å². The van der Waals surface area contributed by atoms with E-state index < -0.39 is 5.69 Å². The number of nitrogens with zero attached hydrogens (tertiary/aromatic N) is 1. The number of benzene rings is 2. The van der Waals surface area contributed by atoms with Gasteiger partial charge >= 0.3 is 5.69 Å². The molecule has 0 saturated heterocycles. The predicted molar refractivity (Wildman–Crippen MR) is 143 cm³/mol. The minimum absolute atomic E-state index is 0.0803. The van der Waals surface area contributed by atoms with E-state index in [2.05, 4.69) is 17.2 Å². The third-order valence-corrected chi connectivity index (χ3v) is 6.26. The number of amides is 1. The Morgan fingerprint density at radius 1 is 0.946 bits per heavy atom. The molecule has 9 heteroatoms. The first kappa shape index (κ1) is 27.7. The van der Waals surface area contributed by atoms with Crippen LogP contribution in [0.2, 0.25) is 0 Å². The van der Waals surface area contributed by atoms with E-state index in [9.17, 15) is 14.7 Å². The lowest BCUT2D eigenvalue weighted by Crippen LogP contribution is -2.26. The molecule has 0 aliphatic carbocycles. The van der Waals surface area contributed by atoms with E-state index in [0.717, 1.165) is 36.0 Å². The zero-order chi connectivity index (χ0) is 26.8.